The molecule has 0 saturated carbocycles. The summed E-state index contributed by atoms with van der Waals surface area (Å²) in [6.45, 7) is 5.12. The second kappa shape index (κ2) is 4.95. The fourth-order valence-electron chi connectivity index (χ4n) is 0.858. The first-order chi connectivity index (χ1) is 7.07. The molecule has 1 rings (SSSR count). The van der Waals surface area contributed by atoms with Crippen molar-refractivity contribution in [3.8, 4) is 0 Å². The number of rotatable bonds is 5. The van der Waals surface area contributed by atoms with E-state index in [1.807, 2.05) is 0 Å². The molecule has 15 heavy (non-hydrogen) atoms. The van der Waals surface area contributed by atoms with Crippen molar-refractivity contribution in [2.45, 2.75) is 6.92 Å². The second-order valence-electron chi connectivity index (χ2n) is 2.86. The summed E-state index contributed by atoms with van der Waals surface area (Å²) in [6, 6.07) is 7.03. The third-order valence-electron chi connectivity index (χ3n) is 1.79. The van der Waals surface area contributed by atoms with E-state index in [4.69, 9.17) is 0 Å². The van der Waals surface area contributed by atoms with Gasteiger partial charge in [0.1, 0.15) is 0 Å². The molecular formula is C10H13NO3S. The van der Waals surface area contributed by atoms with E-state index in [1.54, 1.807) is 30.3 Å². The maximum absolute atomic E-state index is 11.0. The minimum atomic E-state index is -3.46. The smallest absolute Gasteiger partial charge is 0.249 e. The van der Waals surface area contributed by atoms with Gasteiger partial charge in [0, 0.05) is 0 Å². The highest BCUT2D eigenvalue weighted by Gasteiger charge is 2.06. The lowest BCUT2D eigenvalue weighted by Crippen LogP contribution is -2.12. The van der Waals surface area contributed by atoms with Crippen molar-refractivity contribution >= 4 is 21.9 Å². The molecule has 0 aromatic heterocycles. The van der Waals surface area contributed by atoms with Crippen molar-refractivity contribution in [2.24, 2.45) is 0 Å². The third kappa shape index (κ3) is 3.73. The Labute approximate surface area is 89.7 Å². The van der Waals surface area contributed by atoms with Crippen LogP contribution in [0.2, 0.25) is 0 Å². The molecule has 0 aliphatic rings. The van der Waals surface area contributed by atoms with Crippen molar-refractivity contribution < 1.29 is 12.7 Å². The molecule has 0 aliphatic carbocycles. The van der Waals surface area contributed by atoms with Crippen LogP contribution in [0.3, 0.4) is 0 Å². The molecule has 0 spiro atoms. The molecule has 1 N–H and O–H groups in total. The van der Waals surface area contributed by atoms with Crippen LogP contribution in [0.5, 0.6) is 0 Å². The largest absolute Gasteiger partial charge is 0.287 e. The Bertz CT molecular complexity index is 422. The summed E-state index contributed by atoms with van der Waals surface area (Å²) >= 11 is 0. The number of nitrogens with one attached hydrogen (secondary N) is 1. The lowest BCUT2D eigenvalue weighted by atomic mass is 10.2. The van der Waals surface area contributed by atoms with Gasteiger partial charge in [0.2, 0.25) is 0 Å². The van der Waals surface area contributed by atoms with Gasteiger partial charge in [0.25, 0.3) is 10.1 Å². The predicted octanol–water partition coefficient (Wildman–Crippen LogP) is 2.02. The van der Waals surface area contributed by atoms with Gasteiger partial charge in [-0.25, -0.2) is 5.48 Å². The van der Waals surface area contributed by atoms with E-state index >= 15 is 0 Å². The lowest BCUT2D eigenvalue weighted by Gasteiger charge is -2.05. The summed E-state index contributed by atoms with van der Waals surface area (Å²) in [5, 5.41) is 0. The van der Waals surface area contributed by atoms with Crippen LogP contribution in [0, 0.1) is 0 Å². The van der Waals surface area contributed by atoms with Gasteiger partial charge < -0.3 is 0 Å². The van der Waals surface area contributed by atoms with Gasteiger partial charge in [0.05, 0.1) is 11.4 Å². The Balaban J connectivity index is 2.62. The predicted molar refractivity (Wildman–Crippen MR) is 60.7 cm³/mol. The van der Waals surface area contributed by atoms with Crippen molar-refractivity contribution in [3.63, 3.8) is 0 Å². The standard InChI is InChI=1S/C10H13NO3S/c1-3-9-5-7-10(8-6-9)11-14-15(12,13)4-2/h3,5-8,11H,1,4H2,2H3. The Morgan fingerprint density at radius 3 is 2.47 bits per heavy atom. The summed E-state index contributed by atoms with van der Waals surface area (Å²) in [4.78, 5) is 0. The van der Waals surface area contributed by atoms with Gasteiger partial charge in [-0.2, -0.15) is 12.7 Å². The molecule has 0 unspecified atom stereocenters. The second-order valence-corrected chi connectivity index (χ2v) is 4.72. The van der Waals surface area contributed by atoms with Crippen LogP contribution < -0.4 is 5.48 Å². The quantitative estimate of drug-likeness (QED) is 0.782. The first-order valence-corrected chi connectivity index (χ1v) is 6.05. The highest BCUT2D eigenvalue weighted by atomic mass is 32.2. The Kier molecular flexibility index (Phi) is 3.88. The average molecular weight is 227 g/mol. The highest BCUT2D eigenvalue weighted by Crippen LogP contribution is 2.10. The fraction of sp³-hybridized carbons (Fsp3) is 0.200. The summed E-state index contributed by atoms with van der Waals surface area (Å²) in [5.41, 5.74) is 3.90. The van der Waals surface area contributed by atoms with Crippen molar-refractivity contribution in [3.05, 3.63) is 36.4 Å². The van der Waals surface area contributed by atoms with Gasteiger partial charge in [-0.15, -0.1) is 0 Å². The Morgan fingerprint density at radius 2 is 2.00 bits per heavy atom. The number of hydrogen-bond donors (Lipinski definition) is 1. The monoisotopic (exact) mass is 227 g/mol. The first kappa shape index (κ1) is 11.7. The minimum absolute atomic E-state index is 0.0647. The lowest BCUT2D eigenvalue weighted by molar-refractivity contribution is 0.392. The zero-order valence-electron chi connectivity index (χ0n) is 8.43. The molecule has 4 nitrogen and oxygen atoms in total. The summed E-state index contributed by atoms with van der Waals surface area (Å²) < 4.78 is 26.5. The van der Waals surface area contributed by atoms with E-state index in [1.165, 1.54) is 6.92 Å². The highest BCUT2D eigenvalue weighted by molar-refractivity contribution is 7.86. The van der Waals surface area contributed by atoms with Crippen LogP contribution >= 0.6 is 0 Å². The Hall–Kier alpha value is -1.33. The van der Waals surface area contributed by atoms with Gasteiger partial charge in [-0.1, -0.05) is 24.8 Å². The zero-order chi connectivity index (χ0) is 11.3. The molecule has 5 heteroatoms. The molecular weight excluding hydrogens is 214 g/mol. The molecule has 0 aliphatic heterocycles. The Morgan fingerprint density at radius 1 is 1.40 bits per heavy atom. The fourth-order valence-corrected chi connectivity index (χ4v) is 1.20. The van der Waals surface area contributed by atoms with Gasteiger partial charge in [-0.3, -0.25) is 0 Å². The van der Waals surface area contributed by atoms with Gasteiger partial charge in [-0.05, 0) is 24.6 Å². The molecule has 0 amide bonds. The average Bonchev–Trinajstić information content (AvgIpc) is 2.27. The first-order valence-electron chi connectivity index (χ1n) is 4.47. The van der Waals surface area contributed by atoms with E-state index in [0.29, 0.717) is 5.69 Å². The maximum Gasteiger partial charge on any atom is 0.287 e. The molecule has 82 valence electrons. The zero-order valence-corrected chi connectivity index (χ0v) is 9.25. The molecule has 0 atom stereocenters. The molecule has 1 aromatic carbocycles. The molecule has 0 heterocycles. The summed E-state index contributed by atoms with van der Waals surface area (Å²) in [6.07, 6.45) is 1.70. The van der Waals surface area contributed by atoms with E-state index in [9.17, 15) is 8.42 Å². The van der Waals surface area contributed by atoms with Crippen LogP contribution in [0.4, 0.5) is 5.69 Å². The topological polar surface area (TPSA) is 55.4 Å². The van der Waals surface area contributed by atoms with E-state index in [2.05, 4.69) is 16.3 Å². The molecule has 1 aromatic rings. The number of anilines is 1. The van der Waals surface area contributed by atoms with Crippen molar-refractivity contribution in [2.75, 3.05) is 11.2 Å². The van der Waals surface area contributed by atoms with E-state index < -0.39 is 10.1 Å². The SMILES string of the molecule is C=Cc1ccc(NOS(=O)(=O)CC)cc1. The molecule has 0 fully saturated rings. The summed E-state index contributed by atoms with van der Waals surface area (Å²) in [7, 11) is -3.46. The third-order valence-corrected chi connectivity index (χ3v) is 2.83. The molecule has 0 bridgehead atoms. The van der Waals surface area contributed by atoms with Crippen LogP contribution in [0.15, 0.2) is 30.8 Å². The van der Waals surface area contributed by atoms with Crippen molar-refractivity contribution in [1.29, 1.82) is 0 Å². The van der Waals surface area contributed by atoms with E-state index in [0.717, 1.165) is 5.56 Å². The van der Waals surface area contributed by atoms with Crippen LogP contribution in [0.25, 0.3) is 6.08 Å². The summed E-state index contributed by atoms with van der Waals surface area (Å²) in [5.74, 6) is -0.0647. The van der Waals surface area contributed by atoms with Crippen molar-refractivity contribution in [1.82, 2.24) is 0 Å². The molecule has 0 saturated heterocycles. The maximum atomic E-state index is 11.0. The number of benzene rings is 1. The van der Waals surface area contributed by atoms with E-state index in [-0.39, 0.29) is 5.75 Å². The number of hydrogen-bond acceptors (Lipinski definition) is 4. The van der Waals surface area contributed by atoms with Crippen LogP contribution in [-0.4, -0.2) is 14.2 Å². The molecule has 0 radical (unpaired) electrons. The normalized spacial score (nSPS) is 11.0. The minimum Gasteiger partial charge on any atom is -0.249 e. The van der Waals surface area contributed by atoms with Crippen LogP contribution in [-0.2, 0) is 14.4 Å². The van der Waals surface area contributed by atoms with Crippen LogP contribution in [0.1, 0.15) is 12.5 Å². The van der Waals surface area contributed by atoms with Gasteiger partial charge in [0.15, 0.2) is 0 Å². The van der Waals surface area contributed by atoms with Gasteiger partial charge >= 0.3 is 0 Å².